The highest BCUT2D eigenvalue weighted by Crippen LogP contribution is 2.31. The maximum atomic E-state index is 12.6. The van der Waals surface area contributed by atoms with Crippen LogP contribution in [-0.2, 0) is 19.7 Å². The number of esters is 1. The Morgan fingerprint density at radius 1 is 1.13 bits per heavy atom. The smallest absolute Gasteiger partial charge is 0.355 e. The van der Waals surface area contributed by atoms with E-state index in [2.05, 4.69) is 4.72 Å². The van der Waals surface area contributed by atoms with Crippen LogP contribution in [0.25, 0.3) is 0 Å². The van der Waals surface area contributed by atoms with Gasteiger partial charge in [0.15, 0.2) is 0 Å². The van der Waals surface area contributed by atoms with Gasteiger partial charge in [-0.2, -0.15) is 12.7 Å². The topological polar surface area (TPSA) is 84.9 Å². The van der Waals surface area contributed by atoms with Gasteiger partial charge in [-0.1, -0.05) is 36.4 Å². The van der Waals surface area contributed by atoms with Crippen molar-refractivity contribution in [2.75, 3.05) is 27.8 Å². The summed E-state index contributed by atoms with van der Waals surface area (Å²) in [7, 11) is 0.453. The Morgan fingerprint density at radius 2 is 1.77 bits per heavy atom. The summed E-state index contributed by atoms with van der Waals surface area (Å²) in [4.78, 5) is 12.6. The zero-order valence-electron chi connectivity index (χ0n) is 17.9. The minimum absolute atomic E-state index is 0.122. The monoisotopic (exact) mass is 432 g/mol. The van der Waals surface area contributed by atoms with Gasteiger partial charge in [-0.25, -0.2) is 4.79 Å². The summed E-state index contributed by atoms with van der Waals surface area (Å²) >= 11 is 0. The normalized spacial score (nSPS) is 13.1. The summed E-state index contributed by atoms with van der Waals surface area (Å²) in [5.41, 5.74) is 2.67. The minimum atomic E-state index is -3.90. The second-order valence-electron chi connectivity index (χ2n) is 6.80. The van der Waals surface area contributed by atoms with Gasteiger partial charge in [0.25, 0.3) is 0 Å². The van der Waals surface area contributed by atoms with Gasteiger partial charge in [0.2, 0.25) is 0 Å². The van der Waals surface area contributed by atoms with Gasteiger partial charge < -0.3 is 9.47 Å². The van der Waals surface area contributed by atoms with Crippen LogP contribution in [-0.4, -0.2) is 46.5 Å². The number of nitrogens with zero attached hydrogens (tertiary/aromatic N) is 1. The third kappa shape index (κ3) is 5.84. The maximum Gasteiger partial charge on any atom is 0.355 e. The summed E-state index contributed by atoms with van der Waals surface area (Å²) in [5, 5.41) is 0. The number of carbonyl (C=O) groups is 1. The van der Waals surface area contributed by atoms with Gasteiger partial charge in [-0.15, -0.1) is 0 Å². The molecular formula is C22H28N2O5S. The van der Waals surface area contributed by atoms with Crippen molar-refractivity contribution in [2.45, 2.75) is 19.8 Å². The number of nitrogens with one attached hydrogen (secondary N) is 1. The molecule has 8 heteroatoms. The Kier molecular flexibility index (Phi) is 8.02. The molecule has 0 saturated heterocycles. The molecule has 7 nitrogen and oxygen atoms in total. The molecule has 2 aromatic carbocycles. The lowest BCUT2D eigenvalue weighted by Crippen LogP contribution is -2.38. The summed E-state index contributed by atoms with van der Waals surface area (Å²) in [6.07, 6.45) is 1.59. The predicted octanol–water partition coefficient (Wildman–Crippen LogP) is 2.98. The molecule has 0 aliphatic heterocycles. The highest BCUT2D eigenvalue weighted by atomic mass is 32.2. The first kappa shape index (κ1) is 23.4. The molecule has 0 heterocycles. The summed E-state index contributed by atoms with van der Waals surface area (Å²) in [5.74, 6) is -0.429. The first-order chi connectivity index (χ1) is 14.2. The van der Waals surface area contributed by atoms with Crippen LogP contribution in [0, 0.1) is 6.92 Å². The average molecular weight is 433 g/mol. The highest BCUT2D eigenvalue weighted by molar-refractivity contribution is 7.87. The van der Waals surface area contributed by atoms with Crippen molar-refractivity contribution in [1.29, 1.82) is 0 Å². The maximum absolute atomic E-state index is 12.6. The number of hydrogen-bond donors (Lipinski definition) is 1. The molecule has 0 spiro atoms. The summed E-state index contributed by atoms with van der Waals surface area (Å²) in [6, 6.07) is 15.2. The third-order valence-corrected chi connectivity index (χ3v) is 5.99. The number of benzene rings is 2. The van der Waals surface area contributed by atoms with Crippen LogP contribution in [0.1, 0.15) is 29.5 Å². The van der Waals surface area contributed by atoms with Crippen LogP contribution < -0.4 is 9.46 Å². The average Bonchev–Trinajstić information content (AvgIpc) is 2.72. The molecule has 0 unspecified atom stereocenters. The van der Waals surface area contributed by atoms with Gasteiger partial charge in [-0.3, -0.25) is 4.72 Å². The minimum Gasteiger partial charge on any atom is -0.497 e. The lowest BCUT2D eigenvalue weighted by atomic mass is 9.87. The molecule has 1 atom stereocenters. The molecule has 0 saturated carbocycles. The first-order valence-corrected chi connectivity index (χ1v) is 10.9. The number of aryl methyl sites for hydroxylation is 1. The number of rotatable bonds is 9. The lowest BCUT2D eigenvalue weighted by molar-refractivity contribution is -0.138. The third-order valence-electron chi connectivity index (χ3n) is 4.55. The molecule has 0 aliphatic carbocycles. The Balaban J connectivity index is 2.64. The molecule has 30 heavy (non-hydrogen) atoms. The van der Waals surface area contributed by atoms with Crippen molar-refractivity contribution in [3.8, 4) is 5.75 Å². The molecule has 1 N–H and O–H groups in total. The molecular weight excluding hydrogens is 404 g/mol. The van der Waals surface area contributed by atoms with Crippen LogP contribution in [0.4, 0.5) is 0 Å². The van der Waals surface area contributed by atoms with Gasteiger partial charge in [0.1, 0.15) is 11.4 Å². The summed E-state index contributed by atoms with van der Waals surface area (Å²) in [6.45, 7) is 3.75. The number of hydrogen-bond acceptors (Lipinski definition) is 5. The van der Waals surface area contributed by atoms with E-state index in [0.29, 0.717) is 5.75 Å². The van der Waals surface area contributed by atoms with E-state index in [9.17, 15) is 13.2 Å². The zero-order valence-corrected chi connectivity index (χ0v) is 18.7. The molecule has 162 valence electrons. The van der Waals surface area contributed by atoms with E-state index in [-0.39, 0.29) is 18.2 Å². The molecule has 2 aromatic rings. The fourth-order valence-electron chi connectivity index (χ4n) is 2.86. The molecule has 0 fully saturated rings. The number of ether oxygens (including phenoxy) is 2. The highest BCUT2D eigenvalue weighted by Gasteiger charge is 2.24. The molecule has 0 aromatic heterocycles. The molecule has 0 bridgehead atoms. The quantitative estimate of drug-likeness (QED) is 0.486. The van der Waals surface area contributed by atoms with E-state index in [4.69, 9.17) is 9.47 Å². The van der Waals surface area contributed by atoms with Crippen LogP contribution in [0.5, 0.6) is 5.75 Å². The van der Waals surface area contributed by atoms with E-state index in [1.54, 1.807) is 20.1 Å². The van der Waals surface area contributed by atoms with Crippen molar-refractivity contribution >= 4 is 16.2 Å². The first-order valence-electron chi connectivity index (χ1n) is 9.48. The van der Waals surface area contributed by atoms with Gasteiger partial charge >= 0.3 is 16.2 Å². The van der Waals surface area contributed by atoms with Crippen LogP contribution in [0.3, 0.4) is 0 Å². The van der Waals surface area contributed by atoms with E-state index < -0.39 is 16.2 Å². The Morgan fingerprint density at radius 3 is 2.30 bits per heavy atom. The van der Waals surface area contributed by atoms with Gasteiger partial charge in [0.05, 0.1) is 13.7 Å². The predicted molar refractivity (Wildman–Crippen MR) is 116 cm³/mol. The van der Waals surface area contributed by atoms with Crippen molar-refractivity contribution in [3.63, 3.8) is 0 Å². The molecule has 0 aliphatic rings. The SMILES string of the molecule is CCOC(=O)/C(=C/[C@@H](c1ccc(OC)cc1)c1ccccc1C)NS(=O)(=O)N(C)C. The van der Waals surface area contributed by atoms with E-state index >= 15 is 0 Å². The van der Waals surface area contributed by atoms with E-state index in [1.165, 1.54) is 14.1 Å². The van der Waals surface area contributed by atoms with E-state index in [1.807, 2.05) is 55.5 Å². The molecule has 2 rings (SSSR count). The number of allylic oxidation sites excluding steroid dienone is 1. The largest absolute Gasteiger partial charge is 0.497 e. The van der Waals surface area contributed by atoms with Gasteiger partial charge in [0, 0.05) is 20.0 Å². The Hall–Kier alpha value is -2.84. The number of methoxy groups -OCH3 is 1. The lowest BCUT2D eigenvalue weighted by Gasteiger charge is -2.20. The molecule has 0 amide bonds. The van der Waals surface area contributed by atoms with Crippen LogP contribution in [0.15, 0.2) is 60.3 Å². The fourth-order valence-corrected chi connectivity index (χ4v) is 3.47. The van der Waals surface area contributed by atoms with Crippen molar-refractivity contribution in [2.24, 2.45) is 0 Å². The fraction of sp³-hybridized carbons (Fsp3) is 0.318. The van der Waals surface area contributed by atoms with Gasteiger partial charge in [-0.05, 0) is 48.7 Å². The second kappa shape index (κ2) is 10.3. The van der Waals surface area contributed by atoms with Crippen molar-refractivity contribution in [3.05, 3.63) is 77.0 Å². The van der Waals surface area contributed by atoms with E-state index in [0.717, 1.165) is 21.0 Å². The van der Waals surface area contributed by atoms with Crippen molar-refractivity contribution < 1.29 is 22.7 Å². The zero-order chi connectivity index (χ0) is 22.3. The second-order valence-corrected chi connectivity index (χ2v) is 8.68. The van der Waals surface area contributed by atoms with Crippen molar-refractivity contribution in [1.82, 2.24) is 9.03 Å². The Bertz CT molecular complexity index is 998. The van der Waals surface area contributed by atoms with Crippen LogP contribution in [0.2, 0.25) is 0 Å². The van der Waals surface area contributed by atoms with Crippen LogP contribution >= 0.6 is 0 Å². The number of carbonyl (C=O) groups excluding carboxylic acids is 1. The standard InChI is InChI=1S/C22H28N2O5S/c1-6-29-22(25)21(23-30(26,27)24(3)4)15-20(19-10-8-7-9-16(19)2)17-11-13-18(28-5)14-12-17/h7-15,20,23H,6H2,1-5H3/b21-15-/t20-/m0/s1. The summed E-state index contributed by atoms with van der Waals surface area (Å²) < 4.78 is 38.5. The molecule has 0 radical (unpaired) electrons. The Labute approximate surface area is 178 Å².